The Morgan fingerprint density at radius 3 is 2.42 bits per heavy atom. The molecule has 0 radical (unpaired) electrons. The van der Waals surface area contributed by atoms with Gasteiger partial charge in [-0.25, -0.2) is 9.59 Å². The minimum absolute atomic E-state index is 0.0606. The van der Waals surface area contributed by atoms with E-state index >= 15 is 0 Å². The fourth-order valence-electron chi connectivity index (χ4n) is 3.64. The van der Waals surface area contributed by atoms with Crippen LogP contribution in [0.5, 0.6) is 11.5 Å². The van der Waals surface area contributed by atoms with Crippen molar-refractivity contribution in [3.8, 4) is 11.5 Å². The molecule has 2 N–H and O–H groups in total. The Bertz CT molecular complexity index is 1050. The Balaban J connectivity index is 2.09. The maximum absolute atomic E-state index is 12.9. The van der Waals surface area contributed by atoms with Gasteiger partial charge in [0.25, 0.3) is 0 Å². The normalized spacial score (nSPS) is 15.5. The second kappa shape index (κ2) is 11.3. The average molecular weight is 493 g/mol. The summed E-state index contributed by atoms with van der Waals surface area (Å²) in [6.45, 7) is 3.96. The lowest BCUT2D eigenvalue weighted by Gasteiger charge is -2.30. The number of nitrogens with one attached hydrogen (secondary N) is 2. The van der Waals surface area contributed by atoms with Gasteiger partial charge in [-0.2, -0.15) is 0 Å². The number of carbonyl (C=O) groups excluding carboxylic acids is 2. The highest BCUT2D eigenvalue weighted by atomic mass is 35.5. The molecule has 1 heterocycles. The quantitative estimate of drug-likeness (QED) is 0.448. The molecule has 0 saturated heterocycles. The van der Waals surface area contributed by atoms with Crippen LogP contribution >= 0.6 is 23.2 Å². The Morgan fingerprint density at radius 2 is 1.79 bits per heavy atom. The third kappa shape index (κ3) is 5.54. The molecule has 1 aliphatic rings. The molecule has 0 fully saturated rings. The Kier molecular flexibility index (Phi) is 8.47. The van der Waals surface area contributed by atoms with Gasteiger partial charge in [-0.1, -0.05) is 54.7 Å². The van der Waals surface area contributed by atoms with Gasteiger partial charge in [-0.3, -0.25) is 0 Å². The predicted octanol–water partition coefficient (Wildman–Crippen LogP) is 5.55. The molecule has 1 atom stereocenters. The number of halogens is 2. The summed E-state index contributed by atoms with van der Waals surface area (Å²) in [4.78, 5) is 25.4. The van der Waals surface area contributed by atoms with Crippen LogP contribution in [0.2, 0.25) is 10.0 Å². The van der Waals surface area contributed by atoms with E-state index in [0.717, 1.165) is 6.42 Å². The van der Waals surface area contributed by atoms with Crippen molar-refractivity contribution in [3.63, 3.8) is 0 Å². The Labute approximate surface area is 203 Å². The Hall–Kier alpha value is -2.90. The number of urea groups is 1. The van der Waals surface area contributed by atoms with Gasteiger partial charge in [0, 0.05) is 26.9 Å². The van der Waals surface area contributed by atoms with E-state index in [2.05, 4.69) is 10.6 Å². The third-order valence-electron chi connectivity index (χ3n) is 5.11. The number of para-hydroxylation sites is 1. The number of hydrogen-bond donors (Lipinski definition) is 2. The van der Waals surface area contributed by atoms with Gasteiger partial charge in [0.05, 0.1) is 25.3 Å². The summed E-state index contributed by atoms with van der Waals surface area (Å²) < 4.78 is 17.0. The van der Waals surface area contributed by atoms with Crippen molar-refractivity contribution in [2.45, 2.75) is 39.3 Å². The van der Waals surface area contributed by atoms with Crippen LogP contribution in [0, 0.1) is 0 Å². The molecule has 0 saturated carbocycles. The average Bonchev–Trinajstić information content (AvgIpc) is 2.78. The number of allylic oxidation sites excluding steroid dienone is 1. The summed E-state index contributed by atoms with van der Waals surface area (Å²) in [7, 11) is 1.51. The van der Waals surface area contributed by atoms with Crippen molar-refractivity contribution < 1.29 is 23.8 Å². The minimum atomic E-state index is -0.800. The fourth-order valence-corrected chi connectivity index (χ4v) is 4.14. The summed E-state index contributed by atoms with van der Waals surface area (Å²) >= 11 is 12.6. The number of carbonyl (C=O) groups is 2. The standard InChI is InChI=1S/C24H26Cl2N2O5/c1-4-8-18-20(23(29)32-5-2)21(28-24(30)27-18)14-9-6-12-19(31-3)22(14)33-13-15-16(25)10-7-11-17(15)26/h6-7,9-12,21H,4-5,8,13H2,1-3H3,(H2,27,28,30). The molecule has 2 aromatic carbocycles. The highest BCUT2D eigenvalue weighted by Gasteiger charge is 2.35. The van der Waals surface area contributed by atoms with E-state index in [1.807, 2.05) is 6.92 Å². The van der Waals surface area contributed by atoms with Crippen LogP contribution in [0.1, 0.15) is 43.9 Å². The SMILES string of the molecule is CCCC1=C(C(=O)OCC)C(c2cccc(OC)c2OCc2c(Cl)cccc2Cl)NC(=O)N1. The predicted molar refractivity (Wildman–Crippen MR) is 127 cm³/mol. The molecule has 2 aromatic rings. The van der Waals surface area contributed by atoms with Crippen LogP contribution in [0.4, 0.5) is 4.79 Å². The molecule has 2 amide bonds. The monoisotopic (exact) mass is 492 g/mol. The van der Waals surface area contributed by atoms with Gasteiger partial charge >= 0.3 is 12.0 Å². The molecule has 1 aliphatic heterocycles. The first kappa shape index (κ1) is 24.7. The molecule has 3 rings (SSSR count). The molecule has 33 heavy (non-hydrogen) atoms. The maximum atomic E-state index is 12.9. The zero-order chi connectivity index (χ0) is 24.0. The van der Waals surface area contributed by atoms with Gasteiger partial charge in [0.2, 0.25) is 0 Å². The van der Waals surface area contributed by atoms with Gasteiger partial charge in [-0.15, -0.1) is 0 Å². The number of benzene rings is 2. The summed E-state index contributed by atoms with van der Waals surface area (Å²) in [6.07, 6.45) is 1.24. The smallest absolute Gasteiger partial charge is 0.338 e. The van der Waals surface area contributed by atoms with E-state index in [1.54, 1.807) is 43.3 Å². The largest absolute Gasteiger partial charge is 0.493 e. The number of methoxy groups -OCH3 is 1. The van der Waals surface area contributed by atoms with Crippen molar-refractivity contribution in [3.05, 3.63) is 68.8 Å². The van der Waals surface area contributed by atoms with Crippen molar-refractivity contribution in [2.75, 3.05) is 13.7 Å². The fraction of sp³-hybridized carbons (Fsp3) is 0.333. The molecule has 0 aromatic heterocycles. The molecular weight excluding hydrogens is 467 g/mol. The van der Waals surface area contributed by atoms with Gasteiger partial charge < -0.3 is 24.8 Å². The van der Waals surface area contributed by atoms with Gasteiger partial charge in [0.15, 0.2) is 11.5 Å². The minimum Gasteiger partial charge on any atom is -0.493 e. The van der Waals surface area contributed by atoms with Crippen molar-refractivity contribution in [1.82, 2.24) is 10.6 Å². The lowest BCUT2D eigenvalue weighted by molar-refractivity contribution is -0.139. The molecule has 9 heteroatoms. The first-order chi connectivity index (χ1) is 15.9. The lowest BCUT2D eigenvalue weighted by Crippen LogP contribution is -2.46. The molecule has 7 nitrogen and oxygen atoms in total. The lowest BCUT2D eigenvalue weighted by atomic mass is 9.93. The number of ether oxygens (including phenoxy) is 3. The number of hydrogen-bond acceptors (Lipinski definition) is 5. The van der Waals surface area contributed by atoms with Gasteiger partial charge in [-0.05, 0) is 31.5 Å². The number of amides is 2. The molecule has 0 bridgehead atoms. The first-order valence-electron chi connectivity index (χ1n) is 10.6. The zero-order valence-corrected chi connectivity index (χ0v) is 20.2. The van der Waals surface area contributed by atoms with Crippen LogP contribution < -0.4 is 20.1 Å². The highest BCUT2D eigenvalue weighted by Crippen LogP contribution is 2.40. The van der Waals surface area contributed by atoms with E-state index in [0.29, 0.717) is 50.4 Å². The molecular formula is C24H26Cl2N2O5. The summed E-state index contributed by atoms with van der Waals surface area (Å²) in [6, 6.07) is 9.24. The number of esters is 1. The van der Waals surface area contributed by atoms with Crippen molar-refractivity contribution in [1.29, 1.82) is 0 Å². The van der Waals surface area contributed by atoms with Crippen LogP contribution in [-0.4, -0.2) is 25.7 Å². The van der Waals surface area contributed by atoms with E-state index in [4.69, 9.17) is 37.4 Å². The second-order valence-electron chi connectivity index (χ2n) is 7.26. The van der Waals surface area contributed by atoms with Crippen LogP contribution in [-0.2, 0) is 16.1 Å². The summed E-state index contributed by atoms with van der Waals surface area (Å²) in [5.74, 6) is 0.283. The van der Waals surface area contributed by atoms with Crippen LogP contribution in [0.15, 0.2) is 47.7 Å². The zero-order valence-electron chi connectivity index (χ0n) is 18.7. The topological polar surface area (TPSA) is 85.9 Å². The second-order valence-corrected chi connectivity index (χ2v) is 8.08. The molecule has 1 unspecified atom stereocenters. The van der Waals surface area contributed by atoms with Crippen molar-refractivity contribution in [2.24, 2.45) is 0 Å². The van der Waals surface area contributed by atoms with E-state index in [-0.39, 0.29) is 13.2 Å². The molecule has 176 valence electrons. The molecule has 0 aliphatic carbocycles. The van der Waals surface area contributed by atoms with E-state index in [1.165, 1.54) is 7.11 Å². The third-order valence-corrected chi connectivity index (χ3v) is 5.82. The van der Waals surface area contributed by atoms with Gasteiger partial charge in [0.1, 0.15) is 6.61 Å². The van der Waals surface area contributed by atoms with E-state index < -0.39 is 18.0 Å². The summed E-state index contributed by atoms with van der Waals surface area (Å²) in [5, 5.41) is 6.50. The maximum Gasteiger partial charge on any atom is 0.338 e. The number of rotatable bonds is 9. The highest BCUT2D eigenvalue weighted by molar-refractivity contribution is 6.35. The van der Waals surface area contributed by atoms with Crippen LogP contribution in [0.3, 0.4) is 0 Å². The molecule has 0 spiro atoms. The Morgan fingerprint density at radius 1 is 1.09 bits per heavy atom. The van der Waals surface area contributed by atoms with Crippen molar-refractivity contribution >= 4 is 35.2 Å². The van der Waals surface area contributed by atoms with Crippen LogP contribution in [0.25, 0.3) is 0 Å². The summed E-state index contributed by atoms with van der Waals surface area (Å²) in [5.41, 5.74) is 2.00. The first-order valence-corrected chi connectivity index (χ1v) is 11.4. The van der Waals surface area contributed by atoms with E-state index in [9.17, 15) is 9.59 Å².